The van der Waals surface area contributed by atoms with E-state index in [1.54, 1.807) is 12.4 Å². The summed E-state index contributed by atoms with van der Waals surface area (Å²) in [6, 6.07) is 3.77. The fourth-order valence-corrected chi connectivity index (χ4v) is 2.65. The normalized spacial score (nSPS) is 10.7. The van der Waals surface area contributed by atoms with Gasteiger partial charge in [0, 0.05) is 24.4 Å². The molecule has 3 heteroatoms. The standard InChI is InChI=1S/C20H33NO2/c1-2-3-4-5-6-7-8-9-10-11-12-15-20(22)23-18-19-14-13-16-21-17-19/h13-14,16-17H,2-12,15,18H2,1H3. The van der Waals surface area contributed by atoms with Crippen molar-refractivity contribution in [2.24, 2.45) is 0 Å². The number of aromatic nitrogens is 1. The lowest BCUT2D eigenvalue weighted by Crippen LogP contribution is -2.04. The maximum atomic E-state index is 11.6. The van der Waals surface area contributed by atoms with Gasteiger partial charge in [0.2, 0.25) is 0 Å². The monoisotopic (exact) mass is 319 g/mol. The van der Waals surface area contributed by atoms with Crippen LogP contribution in [0.25, 0.3) is 0 Å². The van der Waals surface area contributed by atoms with Crippen LogP contribution in [0.2, 0.25) is 0 Å². The number of hydrogen-bond donors (Lipinski definition) is 0. The first-order chi connectivity index (χ1) is 11.3. The van der Waals surface area contributed by atoms with Crippen LogP contribution in [-0.4, -0.2) is 11.0 Å². The molecule has 23 heavy (non-hydrogen) atoms. The zero-order valence-electron chi connectivity index (χ0n) is 14.8. The lowest BCUT2D eigenvalue weighted by molar-refractivity contribution is -0.145. The second-order valence-electron chi connectivity index (χ2n) is 6.31. The van der Waals surface area contributed by atoms with Crippen LogP contribution in [0.15, 0.2) is 24.5 Å². The number of carbonyl (C=O) groups excluding carboxylic acids is 1. The van der Waals surface area contributed by atoms with Crippen molar-refractivity contribution in [3.63, 3.8) is 0 Å². The maximum absolute atomic E-state index is 11.6. The number of esters is 1. The lowest BCUT2D eigenvalue weighted by Gasteiger charge is -2.05. The van der Waals surface area contributed by atoms with Gasteiger partial charge < -0.3 is 4.74 Å². The first kappa shape index (κ1) is 19.7. The molecule has 0 saturated carbocycles. The Morgan fingerprint density at radius 1 is 0.957 bits per heavy atom. The summed E-state index contributed by atoms with van der Waals surface area (Å²) in [6.07, 6.45) is 18.2. The van der Waals surface area contributed by atoms with E-state index in [0.717, 1.165) is 18.4 Å². The Morgan fingerprint density at radius 3 is 2.13 bits per heavy atom. The third-order valence-corrected chi connectivity index (χ3v) is 4.11. The summed E-state index contributed by atoms with van der Waals surface area (Å²) in [5.74, 6) is -0.0928. The quantitative estimate of drug-likeness (QED) is 0.320. The molecule has 0 bridgehead atoms. The fourth-order valence-electron chi connectivity index (χ4n) is 2.65. The Bertz CT molecular complexity index is 392. The van der Waals surface area contributed by atoms with Gasteiger partial charge in [0.15, 0.2) is 0 Å². The predicted molar refractivity (Wildman–Crippen MR) is 95.1 cm³/mol. The number of carbonyl (C=O) groups is 1. The van der Waals surface area contributed by atoms with Crippen LogP contribution in [0, 0.1) is 0 Å². The number of unbranched alkanes of at least 4 members (excludes halogenated alkanes) is 10. The number of pyridine rings is 1. The molecule has 0 unspecified atom stereocenters. The zero-order chi connectivity index (χ0) is 16.6. The van der Waals surface area contributed by atoms with Crippen molar-refractivity contribution >= 4 is 5.97 Å². The second-order valence-corrected chi connectivity index (χ2v) is 6.31. The molecule has 0 saturated heterocycles. The summed E-state index contributed by atoms with van der Waals surface area (Å²) >= 11 is 0. The van der Waals surface area contributed by atoms with Gasteiger partial charge in [-0.1, -0.05) is 77.2 Å². The van der Waals surface area contributed by atoms with E-state index in [9.17, 15) is 4.79 Å². The van der Waals surface area contributed by atoms with Crippen LogP contribution < -0.4 is 0 Å². The van der Waals surface area contributed by atoms with Crippen molar-refractivity contribution in [2.75, 3.05) is 0 Å². The first-order valence-corrected chi connectivity index (χ1v) is 9.37. The molecule has 0 aliphatic carbocycles. The highest BCUT2D eigenvalue weighted by molar-refractivity contribution is 5.69. The van der Waals surface area contributed by atoms with Crippen LogP contribution >= 0.6 is 0 Å². The van der Waals surface area contributed by atoms with Crippen LogP contribution in [0.1, 0.15) is 89.5 Å². The van der Waals surface area contributed by atoms with Crippen LogP contribution in [0.3, 0.4) is 0 Å². The van der Waals surface area contributed by atoms with Crippen molar-refractivity contribution in [2.45, 2.75) is 90.6 Å². The third kappa shape index (κ3) is 11.8. The number of ether oxygens (including phenoxy) is 1. The molecular weight excluding hydrogens is 286 g/mol. The number of nitrogens with zero attached hydrogens (tertiary/aromatic N) is 1. The smallest absolute Gasteiger partial charge is 0.306 e. The average molecular weight is 319 g/mol. The molecule has 0 aliphatic heterocycles. The molecule has 0 spiro atoms. The van der Waals surface area contributed by atoms with Gasteiger partial charge >= 0.3 is 5.97 Å². The summed E-state index contributed by atoms with van der Waals surface area (Å²) in [7, 11) is 0. The minimum atomic E-state index is -0.0928. The van der Waals surface area contributed by atoms with Crippen molar-refractivity contribution < 1.29 is 9.53 Å². The van der Waals surface area contributed by atoms with Crippen LogP contribution in [0.4, 0.5) is 0 Å². The molecule has 0 fully saturated rings. The van der Waals surface area contributed by atoms with Crippen molar-refractivity contribution in [3.05, 3.63) is 30.1 Å². The summed E-state index contributed by atoms with van der Waals surface area (Å²) in [6.45, 7) is 2.60. The van der Waals surface area contributed by atoms with E-state index >= 15 is 0 Å². The molecule has 1 heterocycles. The minimum Gasteiger partial charge on any atom is -0.461 e. The summed E-state index contributed by atoms with van der Waals surface area (Å²) in [4.78, 5) is 15.6. The van der Waals surface area contributed by atoms with Gasteiger partial charge in [-0.2, -0.15) is 0 Å². The van der Waals surface area contributed by atoms with E-state index in [4.69, 9.17) is 4.74 Å². The third-order valence-electron chi connectivity index (χ3n) is 4.11. The molecule has 1 rings (SSSR count). The zero-order valence-corrected chi connectivity index (χ0v) is 14.8. The number of rotatable bonds is 14. The highest BCUT2D eigenvalue weighted by Gasteiger charge is 2.03. The maximum Gasteiger partial charge on any atom is 0.306 e. The molecule has 0 aromatic carbocycles. The van der Waals surface area contributed by atoms with Gasteiger partial charge in [0.25, 0.3) is 0 Å². The summed E-state index contributed by atoms with van der Waals surface area (Å²) in [5.41, 5.74) is 0.944. The van der Waals surface area contributed by atoms with E-state index in [1.165, 1.54) is 57.8 Å². The van der Waals surface area contributed by atoms with Gasteiger partial charge in [-0.15, -0.1) is 0 Å². The van der Waals surface area contributed by atoms with E-state index in [-0.39, 0.29) is 5.97 Å². The predicted octanol–water partition coefficient (Wildman–Crippen LogP) is 5.83. The SMILES string of the molecule is CCCCCCCCCCCCCC(=O)OCc1cccnc1. The Hall–Kier alpha value is -1.38. The molecule has 0 radical (unpaired) electrons. The highest BCUT2D eigenvalue weighted by Crippen LogP contribution is 2.12. The molecule has 3 nitrogen and oxygen atoms in total. The van der Waals surface area contributed by atoms with E-state index in [1.807, 2.05) is 12.1 Å². The van der Waals surface area contributed by atoms with Gasteiger partial charge in [-0.05, 0) is 12.5 Å². The lowest BCUT2D eigenvalue weighted by atomic mass is 10.1. The van der Waals surface area contributed by atoms with E-state index in [0.29, 0.717) is 13.0 Å². The molecule has 1 aromatic heterocycles. The molecule has 0 N–H and O–H groups in total. The van der Waals surface area contributed by atoms with Gasteiger partial charge in [0.05, 0.1) is 0 Å². The van der Waals surface area contributed by atoms with Crippen LogP contribution in [0.5, 0.6) is 0 Å². The molecule has 130 valence electrons. The van der Waals surface area contributed by atoms with Gasteiger partial charge in [0.1, 0.15) is 6.61 Å². The van der Waals surface area contributed by atoms with E-state index in [2.05, 4.69) is 11.9 Å². The Labute approximate surface area is 141 Å². The Morgan fingerprint density at radius 2 is 1.57 bits per heavy atom. The minimum absolute atomic E-state index is 0.0928. The van der Waals surface area contributed by atoms with Crippen LogP contribution in [-0.2, 0) is 16.1 Å². The van der Waals surface area contributed by atoms with Crippen molar-refractivity contribution in [3.8, 4) is 0 Å². The largest absolute Gasteiger partial charge is 0.461 e. The summed E-state index contributed by atoms with van der Waals surface area (Å²) in [5, 5.41) is 0. The average Bonchev–Trinajstić information content (AvgIpc) is 2.59. The molecule has 0 aliphatic rings. The highest BCUT2D eigenvalue weighted by atomic mass is 16.5. The summed E-state index contributed by atoms with van der Waals surface area (Å²) < 4.78 is 5.24. The first-order valence-electron chi connectivity index (χ1n) is 9.37. The number of hydrogen-bond acceptors (Lipinski definition) is 3. The Balaban J connectivity index is 1.84. The Kier molecular flexibility index (Phi) is 12.2. The second kappa shape index (κ2) is 14.2. The van der Waals surface area contributed by atoms with Crippen molar-refractivity contribution in [1.82, 2.24) is 4.98 Å². The molecular formula is C20H33NO2. The van der Waals surface area contributed by atoms with Gasteiger partial charge in [-0.25, -0.2) is 0 Å². The molecule has 0 amide bonds. The molecule has 0 atom stereocenters. The van der Waals surface area contributed by atoms with Crippen molar-refractivity contribution in [1.29, 1.82) is 0 Å². The fraction of sp³-hybridized carbons (Fsp3) is 0.700. The topological polar surface area (TPSA) is 39.2 Å². The van der Waals surface area contributed by atoms with Gasteiger partial charge in [-0.3, -0.25) is 9.78 Å². The van der Waals surface area contributed by atoms with E-state index < -0.39 is 0 Å². The molecule has 1 aromatic rings.